The normalized spacial score (nSPS) is 12.9. The van der Waals surface area contributed by atoms with Gasteiger partial charge in [-0.25, -0.2) is 0 Å². The molecular weight excluding hydrogens is 212 g/mol. The number of aliphatic hydroxyl groups is 2. The Hall–Kier alpha value is -0.0800. The Morgan fingerprint density at radius 1 is 0.706 bits per heavy atom. The van der Waals surface area contributed by atoms with Crippen molar-refractivity contribution in [2.75, 3.05) is 6.61 Å². The van der Waals surface area contributed by atoms with Gasteiger partial charge in [-0.05, 0) is 19.3 Å². The molecule has 0 saturated carbocycles. The van der Waals surface area contributed by atoms with Gasteiger partial charge >= 0.3 is 0 Å². The van der Waals surface area contributed by atoms with E-state index in [1.54, 1.807) is 0 Å². The molecule has 0 bridgehead atoms. The lowest BCUT2D eigenvalue weighted by atomic mass is 10.0. The van der Waals surface area contributed by atoms with E-state index in [9.17, 15) is 5.11 Å². The molecule has 0 aliphatic rings. The zero-order chi connectivity index (χ0) is 12.8. The van der Waals surface area contributed by atoms with Crippen LogP contribution in [0.25, 0.3) is 0 Å². The molecule has 0 aliphatic heterocycles. The highest BCUT2D eigenvalue weighted by Crippen LogP contribution is 2.12. The van der Waals surface area contributed by atoms with E-state index in [4.69, 9.17) is 5.11 Å². The van der Waals surface area contributed by atoms with E-state index in [2.05, 4.69) is 6.92 Å². The van der Waals surface area contributed by atoms with Gasteiger partial charge in [0.25, 0.3) is 0 Å². The molecule has 0 aliphatic carbocycles. The summed E-state index contributed by atoms with van der Waals surface area (Å²) in [6.45, 7) is 2.53. The van der Waals surface area contributed by atoms with Gasteiger partial charge < -0.3 is 10.2 Å². The average Bonchev–Trinajstić information content (AvgIpc) is 2.33. The van der Waals surface area contributed by atoms with Crippen molar-refractivity contribution in [1.29, 1.82) is 0 Å². The Bertz CT molecular complexity index is 137. The maximum absolute atomic E-state index is 9.73. The van der Waals surface area contributed by atoms with Crippen LogP contribution in [0.15, 0.2) is 0 Å². The fraction of sp³-hybridized carbons (Fsp3) is 1.00. The fourth-order valence-corrected chi connectivity index (χ4v) is 2.15. The van der Waals surface area contributed by atoms with Crippen LogP contribution in [-0.4, -0.2) is 22.9 Å². The van der Waals surface area contributed by atoms with Crippen LogP contribution in [0.1, 0.15) is 84.0 Å². The lowest BCUT2D eigenvalue weighted by Gasteiger charge is -2.09. The van der Waals surface area contributed by atoms with Crippen LogP contribution in [0, 0.1) is 0 Å². The summed E-state index contributed by atoms with van der Waals surface area (Å²) in [6.07, 6.45) is 13.9. The Morgan fingerprint density at radius 3 is 1.71 bits per heavy atom. The second-order valence-electron chi connectivity index (χ2n) is 5.14. The monoisotopic (exact) mass is 244 g/mol. The summed E-state index contributed by atoms with van der Waals surface area (Å²) in [5.41, 5.74) is 0. The molecule has 0 saturated heterocycles. The van der Waals surface area contributed by atoms with Crippen molar-refractivity contribution in [3.63, 3.8) is 0 Å². The molecule has 0 amide bonds. The molecule has 0 aromatic carbocycles. The number of hydrogen-bond donors (Lipinski definition) is 2. The van der Waals surface area contributed by atoms with Crippen LogP contribution in [-0.2, 0) is 0 Å². The quantitative estimate of drug-likeness (QED) is 0.480. The van der Waals surface area contributed by atoms with Crippen molar-refractivity contribution < 1.29 is 10.2 Å². The van der Waals surface area contributed by atoms with Crippen molar-refractivity contribution in [2.24, 2.45) is 0 Å². The summed E-state index contributed by atoms with van der Waals surface area (Å²) < 4.78 is 0. The molecular formula is C15H32O2. The number of aliphatic hydroxyl groups excluding tert-OH is 2. The predicted octanol–water partition coefficient (Wildman–Crippen LogP) is 4.04. The molecule has 2 N–H and O–H groups in total. The Labute approximate surface area is 107 Å². The Morgan fingerprint density at radius 2 is 1.18 bits per heavy atom. The lowest BCUT2D eigenvalue weighted by molar-refractivity contribution is 0.146. The van der Waals surface area contributed by atoms with Crippen LogP contribution in [0.3, 0.4) is 0 Å². The smallest absolute Gasteiger partial charge is 0.0540 e. The van der Waals surface area contributed by atoms with E-state index in [1.807, 2.05) is 0 Å². The van der Waals surface area contributed by atoms with E-state index in [-0.39, 0.29) is 12.7 Å². The summed E-state index contributed by atoms with van der Waals surface area (Å²) in [6, 6.07) is 0. The van der Waals surface area contributed by atoms with Gasteiger partial charge in [0, 0.05) is 6.61 Å². The van der Waals surface area contributed by atoms with Gasteiger partial charge in [0.15, 0.2) is 0 Å². The summed E-state index contributed by atoms with van der Waals surface area (Å²) in [5, 5.41) is 18.4. The van der Waals surface area contributed by atoms with E-state index in [0.29, 0.717) is 0 Å². The Kier molecular flexibility index (Phi) is 13.9. The van der Waals surface area contributed by atoms with Gasteiger partial charge in [0.1, 0.15) is 0 Å². The topological polar surface area (TPSA) is 40.5 Å². The molecule has 2 heteroatoms. The number of rotatable bonds is 13. The second-order valence-corrected chi connectivity index (χ2v) is 5.14. The largest absolute Gasteiger partial charge is 0.396 e. The third-order valence-corrected chi connectivity index (χ3v) is 3.34. The van der Waals surface area contributed by atoms with Gasteiger partial charge in [0.2, 0.25) is 0 Å². The molecule has 0 aromatic heterocycles. The molecule has 17 heavy (non-hydrogen) atoms. The molecule has 0 rings (SSSR count). The van der Waals surface area contributed by atoms with E-state index in [1.165, 1.54) is 44.9 Å². The minimum Gasteiger partial charge on any atom is -0.396 e. The third kappa shape index (κ3) is 13.9. The van der Waals surface area contributed by atoms with Crippen molar-refractivity contribution in [2.45, 2.75) is 90.1 Å². The predicted molar refractivity (Wildman–Crippen MR) is 74.2 cm³/mol. The molecule has 2 nitrogen and oxygen atoms in total. The van der Waals surface area contributed by atoms with Crippen LogP contribution in [0.5, 0.6) is 0 Å². The minimum atomic E-state index is -0.107. The molecule has 1 atom stereocenters. The second kappa shape index (κ2) is 14.0. The molecule has 0 fully saturated rings. The average molecular weight is 244 g/mol. The highest BCUT2D eigenvalue weighted by atomic mass is 16.3. The van der Waals surface area contributed by atoms with Gasteiger partial charge in [0.05, 0.1) is 6.10 Å². The molecule has 0 heterocycles. The van der Waals surface area contributed by atoms with Crippen LogP contribution >= 0.6 is 0 Å². The number of unbranched alkanes of at least 4 members (excludes halogenated alkanes) is 8. The SMILES string of the molecule is CCCCCCCCCC(O)CCCCCO. The highest BCUT2D eigenvalue weighted by molar-refractivity contribution is 4.57. The Balaban J connectivity index is 3.08. The zero-order valence-electron chi connectivity index (χ0n) is 11.7. The molecule has 104 valence electrons. The van der Waals surface area contributed by atoms with Crippen LogP contribution in [0.4, 0.5) is 0 Å². The number of hydrogen-bond acceptors (Lipinski definition) is 2. The minimum absolute atomic E-state index is 0.107. The van der Waals surface area contributed by atoms with Gasteiger partial charge in [-0.3, -0.25) is 0 Å². The van der Waals surface area contributed by atoms with E-state index in [0.717, 1.165) is 32.1 Å². The first-order chi connectivity index (χ1) is 8.31. The molecule has 0 radical (unpaired) electrons. The zero-order valence-corrected chi connectivity index (χ0v) is 11.7. The lowest BCUT2D eigenvalue weighted by Crippen LogP contribution is -2.06. The van der Waals surface area contributed by atoms with E-state index < -0.39 is 0 Å². The fourth-order valence-electron chi connectivity index (χ4n) is 2.15. The first kappa shape index (κ1) is 16.9. The summed E-state index contributed by atoms with van der Waals surface area (Å²) in [4.78, 5) is 0. The van der Waals surface area contributed by atoms with Gasteiger partial charge in [-0.1, -0.05) is 64.7 Å². The van der Waals surface area contributed by atoms with Crippen molar-refractivity contribution in [3.05, 3.63) is 0 Å². The van der Waals surface area contributed by atoms with Crippen LogP contribution in [0.2, 0.25) is 0 Å². The third-order valence-electron chi connectivity index (χ3n) is 3.34. The van der Waals surface area contributed by atoms with Gasteiger partial charge in [-0.2, -0.15) is 0 Å². The summed E-state index contributed by atoms with van der Waals surface area (Å²) in [5.74, 6) is 0. The molecule has 0 aromatic rings. The molecule has 1 unspecified atom stereocenters. The summed E-state index contributed by atoms with van der Waals surface area (Å²) in [7, 11) is 0. The maximum Gasteiger partial charge on any atom is 0.0540 e. The first-order valence-electron chi connectivity index (χ1n) is 7.60. The standard InChI is InChI=1S/C15H32O2/c1-2-3-4-5-6-7-9-12-15(17)13-10-8-11-14-16/h15-17H,2-14H2,1H3. The van der Waals surface area contributed by atoms with E-state index >= 15 is 0 Å². The molecule has 0 spiro atoms. The van der Waals surface area contributed by atoms with Gasteiger partial charge in [-0.15, -0.1) is 0 Å². The highest BCUT2D eigenvalue weighted by Gasteiger charge is 2.03. The van der Waals surface area contributed by atoms with Crippen molar-refractivity contribution in [1.82, 2.24) is 0 Å². The van der Waals surface area contributed by atoms with Crippen molar-refractivity contribution >= 4 is 0 Å². The summed E-state index contributed by atoms with van der Waals surface area (Å²) >= 11 is 0. The van der Waals surface area contributed by atoms with Crippen LogP contribution < -0.4 is 0 Å². The first-order valence-corrected chi connectivity index (χ1v) is 7.60. The maximum atomic E-state index is 9.73. The van der Waals surface area contributed by atoms with Crippen molar-refractivity contribution in [3.8, 4) is 0 Å².